The first-order chi connectivity index (χ1) is 16.8. The van der Waals surface area contributed by atoms with Crippen molar-refractivity contribution in [1.29, 1.82) is 0 Å². The lowest BCUT2D eigenvalue weighted by atomic mass is 10.1. The van der Waals surface area contributed by atoms with E-state index in [1.54, 1.807) is 25.1 Å². The predicted molar refractivity (Wildman–Crippen MR) is 127 cm³/mol. The first-order valence-corrected chi connectivity index (χ1v) is 11.2. The van der Waals surface area contributed by atoms with Crippen molar-refractivity contribution in [2.75, 3.05) is 19.8 Å². The Labute approximate surface area is 206 Å². The van der Waals surface area contributed by atoms with Gasteiger partial charge < -0.3 is 19.5 Å². The van der Waals surface area contributed by atoms with Crippen molar-refractivity contribution in [1.82, 2.24) is 15.1 Å². The number of nitrogens with zero attached hydrogens (tertiary/aromatic N) is 2. The first-order valence-electron chi connectivity index (χ1n) is 10.9. The molecule has 0 aliphatic carbocycles. The predicted octanol–water partition coefficient (Wildman–Crippen LogP) is 4.18. The Bertz CT molecular complexity index is 1270. The van der Waals surface area contributed by atoms with Crippen LogP contribution in [0.3, 0.4) is 0 Å². The number of esters is 1. The van der Waals surface area contributed by atoms with Crippen molar-refractivity contribution >= 4 is 29.6 Å². The third-order valence-corrected chi connectivity index (χ3v) is 5.66. The molecule has 0 fully saturated rings. The SMILES string of the molecule is Cc1nn(-c2ccc(F)cc2)c(Cl)c1/C=C/C(=O)OCC(=O)NC(C)c1ccc2c(c1)OCCO2. The fourth-order valence-electron chi connectivity index (χ4n) is 3.49. The quantitative estimate of drug-likeness (QED) is 0.387. The van der Waals surface area contributed by atoms with E-state index in [0.29, 0.717) is 41.7 Å². The van der Waals surface area contributed by atoms with E-state index >= 15 is 0 Å². The maximum absolute atomic E-state index is 13.2. The summed E-state index contributed by atoms with van der Waals surface area (Å²) in [6.45, 7) is 4.07. The van der Waals surface area contributed by atoms with Gasteiger partial charge in [-0.2, -0.15) is 5.10 Å². The van der Waals surface area contributed by atoms with Gasteiger partial charge in [-0.15, -0.1) is 0 Å². The van der Waals surface area contributed by atoms with Crippen molar-refractivity contribution in [3.63, 3.8) is 0 Å². The van der Waals surface area contributed by atoms with Crippen LogP contribution < -0.4 is 14.8 Å². The van der Waals surface area contributed by atoms with Gasteiger partial charge in [-0.25, -0.2) is 13.9 Å². The number of benzene rings is 2. The van der Waals surface area contributed by atoms with Crippen LogP contribution in [-0.2, 0) is 14.3 Å². The van der Waals surface area contributed by atoms with E-state index in [-0.39, 0.29) is 17.0 Å². The molecule has 0 saturated carbocycles. The van der Waals surface area contributed by atoms with Crippen LogP contribution in [0.1, 0.15) is 29.8 Å². The van der Waals surface area contributed by atoms with Gasteiger partial charge in [-0.3, -0.25) is 4.79 Å². The van der Waals surface area contributed by atoms with Gasteiger partial charge >= 0.3 is 5.97 Å². The first kappa shape index (κ1) is 24.3. The summed E-state index contributed by atoms with van der Waals surface area (Å²) < 4.78 is 30.7. The van der Waals surface area contributed by atoms with Crippen LogP contribution in [-0.4, -0.2) is 41.5 Å². The summed E-state index contributed by atoms with van der Waals surface area (Å²) in [5.41, 5.74) is 2.47. The molecular weight excluding hydrogens is 477 g/mol. The monoisotopic (exact) mass is 499 g/mol. The van der Waals surface area contributed by atoms with Crippen LogP contribution in [0.25, 0.3) is 11.8 Å². The summed E-state index contributed by atoms with van der Waals surface area (Å²) in [5, 5.41) is 7.36. The minimum atomic E-state index is -0.711. The van der Waals surface area contributed by atoms with Gasteiger partial charge in [-0.1, -0.05) is 17.7 Å². The molecule has 1 amide bonds. The van der Waals surface area contributed by atoms with Gasteiger partial charge in [0.15, 0.2) is 18.1 Å². The maximum atomic E-state index is 13.2. The van der Waals surface area contributed by atoms with E-state index in [9.17, 15) is 14.0 Å². The largest absolute Gasteiger partial charge is 0.486 e. The normalized spacial score (nSPS) is 13.5. The van der Waals surface area contributed by atoms with Crippen LogP contribution in [0.2, 0.25) is 5.15 Å². The molecule has 2 aromatic carbocycles. The number of nitrogens with one attached hydrogen (secondary N) is 1. The molecule has 0 bridgehead atoms. The summed E-state index contributed by atoms with van der Waals surface area (Å²) >= 11 is 6.40. The zero-order chi connectivity index (χ0) is 24.9. The van der Waals surface area contributed by atoms with Gasteiger partial charge in [0.05, 0.1) is 17.4 Å². The third-order valence-electron chi connectivity index (χ3n) is 5.29. The Morgan fingerprint density at radius 1 is 1.20 bits per heavy atom. The molecule has 35 heavy (non-hydrogen) atoms. The number of fused-ring (bicyclic) bond motifs is 1. The van der Waals surface area contributed by atoms with Crippen molar-refractivity contribution < 1.29 is 28.2 Å². The Morgan fingerprint density at radius 2 is 1.91 bits per heavy atom. The molecule has 3 aromatic rings. The summed E-state index contributed by atoms with van der Waals surface area (Å²) in [4.78, 5) is 24.4. The van der Waals surface area contributed by atoms with Crippen LogP contribution in [0.5, 0.6) is 11.5 Å². The van der Waals surface area contributed by atoms with E-state index in [1.807, 2.05) is 19.1 Å². The number of amides is 1. The molecule has 1 unspecified atom stereocenters. The minimum Gasteiger partial charge on any atom is -0.486 e. The number of rotatable bonds is 7. The van der Waals surface area contributed by atoms with Gasteiger partial charge in [-0.05, 0) is 61.9 Å². The maximum Gasteiger partial charge on any atom is 0.331 e. The highest BCUT2D eigenvalue weighted by atomic mass is 35.5. The number of carbonyl (C=O) groups is 2. The molecule has 1 aliphatic rings. The molecule has 2 heterocycles. The molecule has 1 atom stereocenters. The van der Waals surface area contributed by atoms with E-state index in [4.69, 9.17) is 25.8 Å². The highest BCUT2D eigenvalue weighted by molar-refractivity contribution is 6.31. The van der Waals surface area contributed by atoms with E-state index < -0.39 is 18.5 Å². The second-order valence-corrected chi connectivity index (χ2v) is 8.17. The van der Waals surface area contributed by atoms with E-state index in [2.05, 4.69) is 10.4 Å². The molecule has 0 spiro atoms. The minimum absolute atomic E-state index is 0.254. The number of aryl methyl sites for hydroxylation is 1. The van der Waals surface area contributed by atoms with Gasteiger partial charge in [0.1, 0.15) is 24.2 Å². The lowest BCUT2D eigenvalue weighted by Gasteiger charge is -2.21. The Kier molecular flexibility index (Phi) is 7.36. The number of halogens is 2. The lowest BCUT2D eigenvalue weighted by Crippen LogP contribution is -2.31. The second-order valence-electron chi connectivity index (χ2n) is 7.81. The number of hydrogen-bond donors (Lipinski definition) is 1. The smallest absolute Gasteiger partial charge is 0.331 e. The highest BCUT2D eigenvalue weighted by Gasteiger charge is 2.17. The zero-order valence-electron chi connectivity index (χ0n) is 19.1. The molecule has 8 nitrogen and oxygen atoms in total. The number of hydrogen-bond acceptors (Lipinski definition) is 6. The number of carbonyl (C=O) groups excluding carboxylic acids is 2. The Hall–Kier alpha value is -3.85. The lowest BCUT2D eigenvalue weighted by molar-refractivity contribution is -0.144. The van der Waals surface area contributed by atoms with Crippen LogP contribution >= 0.6 is 11.6 Å². The fourth-order valence-corrected chi connectivity index (χ4v) is 3.82. The van der Waals surface area contributed by atoms with Gasteiger partial charge in [0.25, 0.3) is 5.91 Å². The molecule has 0 saturated heterocycles. The van der Waals surface area contributed by atoms with Crippen molar-refractivity contribution in [2.45, 2.75) is 19.9 Å². The highest BCUT2D eigenvalue weighted by Crippen LogP contribution is 2.32. The molecule has 0 radical (unpaired) electrons. The molecule has 10 heteroatoms. The summed E-state index contributed by atoms with van der Waals surface area (Å²) in [5.74, 6) is -0.244. The number of aromatic nitrogens is 2. The molecule has 182 valence electrons. The van der Waals surface area contributed by atoms with Crippen LogP contribution in [0.4, 0.5) is 4.39 Å². The van der Waals surface area contributed by atoms with Crippen molar-refractivity contribution in [2.24, 2.45) is 0 Å². The molecule has 1 aliphatic heterocycles. The van der Waals surface area contributed by atoms with E-state index in [1.165, 1.54) is 29.0 Å². The molecule has 4 rings (SSSR count). The summed E-state index contributed by atoms with van der Waals surface area (Å²) in [7, 11) is 0. The molecule has 1 N–H and O–H groups in total. The van der Waals surface area contributed by atoms with Crippen LogP contribution in [0.15, 0.2) is 48.5 Å². The van der Waals surface area contributed by atoms with Crippen LogP contribution in [0, 0.1) is 12.7 Å². The zero-order valence-corrected chi connectivity index (χ0v) is 19.8. The third kappa shape index (κ3) is 5.81. The van der Waals surface area contributed by atoms with E-state index in [0.717, 1.165) is 5.56 Å². The topological polar surface area (TPSA) is 91.7 Å². The van der Waals surface area contributed by atoms with Crippen molar-refractivity contribution in [3.8, 4) is 17.2 Å². The fraction of sp³-hybridized carbons (Fsp3) is 0.240. The average molecular weight is 500 g/mol. The summed E-state index contributed by atoms with van der Waals surface area (Å²) in [6, 6.07) is 10.8. The number of ether oxygens (including phenoxy) is 3. The summed E-state index contributed by atoms with van der Waals surface area (Å²) in [6.07, 6.45) is 2.63. The molecule has 1 aromatic heterocycles. The van der Waals surface area contributed by atoms with Gasteiger partial charge in [0, 0.05) is 11.6 Å². The second kappa shape index (κ2) is 10.6. The Balaban J connectivity index is 1.31. The molecular formula is C25H23ClFN3O5. The standard InChI is InChI=1S/C25H23ClFN3O5/c1-15(17-3-9-21-22(13-17)34-12-11-33-21)28-23(31)14-35-24(32)10-8-20-16(2)29-30(25(20)26)19-6-4-18(27)5-7-19/h3-10,13,15H,11-12,14H2,1-2H3,(H,28,31)/b10-8+. The Morgan fingerprint density at radius 3 is 2.66 bits per heavy atom. The average Bonchev–Trinajstić information content (AvgIpc) is 3.14. The van der Waals surface area contributed by atoms with Gasteiger partial charge in [0.2, 0.25) is 0 Å². The van der Waals surface area contributed by atoms with Crippen molar-refractivity contribution in [3.05, 3.63) is 76.3 Å².